The number of aryl methyl sites for hydroxylation is 4. The van der Waals surface area contributed by atoms with Crippen LogP contribution in [0.1, 0.15) is 77.9 Å². The van der Waals surface area contributed by atoms with Gasteiger partial charge in [0.1, 0.15) is 69.1 Å². The molecule has 16 rings (SSSR count). The number of hydrogen-bond donors (Lipinski definition) is 0. The second-order valence-electron chi connectivity index (χ2n) is 22.4. The molecule has 0 amide bonds. The van der Waals surface area contributed by atoms with Gasteiger partial charge in [-0.1, -0.05) is 144 Å². The van der Waals surface area contributed by atoms with Gasteiger partial charge in [0.05, 0.1) is 53.1 Å². The maximum Gasteiger partial charge on any atom is 0.149 e. The van der Waals surface area contributed by atoms with Crippen molar-refractivity contribution in [2.45, 2.75) is 38.5 Å². The van der Waals surface area contributed by atoms with E-state index in [0.717, 1.165) is 141 Å². The summed E-state index contributed by atoms with van der Waals surface area (Å²) in [6.07, 6.45) is 3.03. The minimum absolute atomic E-state index is 0.0492. The fourth-order valence-electron chi connectivity index (χ4n) is 13.5. The molecule has 0 N–H and O–H groups in total. The number of hydrogen-bond acceptors (Lipinski definition) is 14. The van der Waals surface area contributed by atoms with Crippen LogP contribution in [-0.2, 0) is 10.8 Å². The van der Waals surface area contributed by atoms with Crippen molar-refractivity contribution in [3.63, 3.8) is 0 Å². The Morgan fingerprint density at radius 1 is 0.409 bits per heavy atom. The minimum atomic E-state index is -1.06. The number of thiophene rings is 4. The van der Waals surface area contributed by atoms with Crippen molar-refractivity contribution in [2.75, 3.05) is 0 Å². The summed E-state index contributed by atoms with van der Waals surface area (Å²) in [4.78, 5) is 3.25. The van der Waals surface area contributed by atoms with E-state index in [1.807, 2.05) is 60.7 Å². The Balaban J connectivity index is 0.997. The number of rotatable bonds is 8. The molecule has 0 saturated heterocycles. The number of nitrogens with zero attached hydrogens (tertiary/aromatic N) is 8. The van der Waals surface area contributed by atoms with Gasteiger partial charge in [-0.3, -0.25) is 0 Å². The summed E-state index contributed by atoms with van der Waals surface area (Å²) >= 11 is 8.02. The number of allylic oxidation sites excluding steroid dienone is 2. The molecule has 2 aliphatic rings. The Labute approximate surface area is 526 Å². The van der Waals surface area contributed by atoms with Crippen molar-refractivity contribution in [3.8, 4) is 66.0 Å². The van der Waals surface area contributed by atoms with Gasteiger partial charge in [-0.05, 0) is 108 Å². The lowest BCUT2D eigenvalue weighted by molar-refractivity contribution is 0.642. The molecule has 88 heavy (non-hydrogen) atoms. The second-order valence-corrected chi connectivity index (χ2v) is 27.6. The molecule has 8 nitrogen and oxygen atoms in total. The molecule has 0 unspecified atom stereocenters. The highest BCUT2D eigenvalue weighted by atomic mass is 32.1. The summed E-state index contributed by atoms with van der Waals surface area (Å²) in [5.41, 5.74) is 15.7. The molecule has 416 valence electrons. The molecule has 0 atom stereocenters. The van der Waals surface area contributed by atoms with Gasteiger partial charge in [0.25, 0.3) is 0 Å². The predicted octanol–water partition coefficient (Wildman–Crippen LogP) is 19.8. The Kier molecular flexibility index (Phi) is 12.2. The van der Waals surface area contributed by atoms with Gasteiger partial charge < -0.3 is 0 Å². The van der Waals surface area contributed by atoms with Gasteiger partial charge in [0.15, 0.2) is 0 Å². The van der Waals surface area contributed by atoms with Crippen molar-refractivity contribution in [2.24, 2.45) is 0 Å². The van der Waals surface area contributed by atoms with Crippen LogP contribution in [0.3, 0.4) is 0 Å². The van der Waals surface area contributed by atoms with Crippen molar-refractivity contribution in [1.29, 1.82) is 21.0 Å². The molecule has 0 spiro atoms. The van der Waals surface area contributed by atoms with E-state index >= 15 is 8.78 Å². The summed E-state index contributed by atoms with van der Waals surface area (Å²) < 4.78 is 59.6. The largest absolute Gasteiger partial charge is 0.205 e. The maximum absolute atomic E-state index is 19.0. The van der Waals surface area contributed by atoms with Crippen molar-refractivity contribution < 1.29 is 8.78 Å². The molecule has 14 aromatic rings. The van der Waals surface area contributed by atoms with Crippen LogP contribution in [0.15, 0.2) is 157 Å². The average Bonchev–Trinajstić information content (AvgIpc) is 1.48. The lowest BCUT2D eigenvalue weighted by Gasteiger charge is -2.34. The molecule has 0 bridgehead atoms. The smallest absolute Gasteiger partial charge is 0.149 e. The van der Waals surface area contributed by atoms with E-state index in [-0.39, 0.29) is 22.8 Å². The summed E-state index contributed by atoms with van der Waals surface area (Å²) in [7, 11) is 0. The average molecular weight is 1250 g/mol. The minimum Gasteiger partial charge on any atom is -0.205 e. The van der Waals surface area contributed by atoms with E-state index in [0.29, 0.717) is 53.7 Å². The molecular formula is C72H38F2N8S6. The molecule has 6 aromatic heterocycles. The summed E-state index contributed by atoms with van der Waals surface area (Å²) in [5.74, 6) is -0.646. The quantitative estimate of drug-likeness (QED) is 0.137. The third kappa shape index (κ3) is 7.49. The zero-order valence-corrected chi connectivity index (χ0v) is 51.7. The van der Waals surface area contributed by atoms with Gasteiger partial charge in [0.2, 0.25) is 0 Å². The van der Waals surface area contributed by atoms with Crippen LogP contribution < -0.4 is 0 Å². The number of benzene rings is 8. The Hall–Kier alpha value is -9.72. The first-order chi connectivity index (χ1) is 42.9. The van der Waals surface area contributed by atoms with Gasteiger partial charge in [-0.15, -0.1) is 45.3 Å². The van der Waals surface area contributed by atoms with Crippen LogP contribution in [0.5, 0.6) is 0 Å². The van der Waals surface area contributed by atoms with E-state index in [2.05, 4.69) is 146 Å². The van der Waals surface area contributed by atoms with Crippen LogP contribution in [0.2, 0.25) is 0 Å². The predicted molar refractivity (Wildman–Crippen MR) is 355 cm³/mol. The van der Waals surface area contributed by atoms with E-state index in [4.69, 9.17) is 8.75 Å². The Morgan fingerprint density at radius 3 is 1.07 bits per heavy atom. The SMILES string of the molecule is Cc1ccc(C2(c3ccc(C)cc3)c3cc4cc(-c5ccc(C=C(C#N)C#N)c6nsnc56)sc4c(F)c3-c3sc4c5c(sc4c32)-c2c(cc3cc(-c4ccc(C=C(C#N)C#N)c6nsnc46)sc3c2F)C5(c2ccc(C)cc2)c2ccc(C)cc2)cc1. The fourth-order valence-corrected chi connectivity index (χ4v) is 20.0. The van der Waals surface area contributed by atoms with Gasteiger partial charge in [-0.25, -0.2) is 8.78 Å². The van der Waals surface area contributed by atoms with Crippen LogP contribution >= 0.6 is 68.8 Å². The third-order valence-corrected chi connectivity index (χ3v) is 23.5. The second kappa shape index (κ2) is 19.9. The lowest BCUT2D eigenvalue weighted by atomic mass is 9.66. The highest BCUT2D eigenvalue weighted by Crippen LogP contribution is 2.70. The van der Waals surface area contributed by atoms with Gasteiger partial charge in [-0.2, -0.15) is 38.5 Å². The Morgan fingerprint density at radius 2 is 0.739 bits per heavy atom. The number of halogens is 2. The van der Waals surface area contributed by atoms with E-state index in [1.54, 1.807) is 22.7 Å². The molecule has 16 heteroatoms. The van der Waals surface area contributed by atoms with Gasteiger partial charge >= 0.3 is 0 Å². The standard InChI is InChI=1S/C72H38F2N8S6/c1-35-5-15-45(16-6-35)71(46-17-7-36(2)8-18-46)51-27-43-29-53(49-23-13-41(25-39(31-75)32-76)61-63(49)81-87-79-61)83-65(43)59(73)55(51)67-57(71)69-70(85-67)58-68(86-69)56-52(72(58,47-19-9-37(3)10-20-47)48-21-11-38(4)12-22-48)28-44-30-54(84-66(44)60(56)74)50-24-14-42(26-40(33-77)34-78)62-64(50)82-88-80-62/h5-30H,1-4H3. The van der Waals surface area contributed by atoms with Crippen molar-refractivity contribution in [3.05, 3.63) is 246 Å². The molecule has 0 fully saturated rings. The zero-order valence-electron chi connectivity index (χ0n) is 46.8. The number of nitriles is 4. The van der Waals surface area contributed by atoms with Gasteiger partial charge in [0, 0.05) is 64.0 Å². The zero-order chi connectivity index (χ0) is 60.1. The maximum atomic E-state index is 19.0. The molecule has 6 heterocycles. The normalized spacial score (nSPS) is 13.2. The van der Waals surface area contributed by atoms with Crippen LogP contribution in [-0.4, -0.2) is 17.5 Å². The van der Waals surface area contributed by atoms with Crippen molar-refractivity contribution >= 4 is 133 Å². The molecule has 0 aliphatic heterocycles. The van der Waals surface area contributed by atoms with E-state index < -0.39 is 10.8 Å². The summed E-state index contributed by atoms with van der Waals surface area (Å²) in [6.45, 7) is 8.31. The molecule has 0 radical (unpaired) electrons. The first kappa shape index (κ1) is 53.7. The molecule has 0 saturated carbocycles. The highest BCUT2D eigenvalue weighted by molar-refractivity contribution is 7.32. The highest BCUT2D eigenvalue weighted by Gasteiger charge is 2.55. The summed E-state index contributed by atoms with van der Waals surface area (Å²) in [5, 5.41) is 39.9. The topological polar surface area (TPSA) is 147 Å². The fraction of sp³-hybridized carbons (Fsp3) is 0.0833. The number of fused-ring (bicyclic) bond motifs is 13. The molecule has 8 aromatic carbocycles. The van der Waals surface area contributed by atoms with E-state index in [1.165, 1.54) is 34.8 Å². The monoisotopic (exact) mass is 1240 g/mol. The molecule has 2 aliphatic carbocycles. The Bertz CT molecular complexity index is 5160. The first-order valence-electron chi connectivity index (χ1n) is 27.9. The third-order valence-electron chi connectivity index (χ3n) is 17.5. The van der Waals surface area contributed by atoms with Crippen LogP contribution in [0.4, 0.5) is 8.78 Å². The van der Waals surface area contributed by atoms with Crippen LogP contribution in [0.25, 0.3) is 106 Å². The molecular weight excluding hydrogens is 1210 g/mol. The van der Waals surface area contributed by atoms with E-state index in [9.17, 15) is 21.0 Å². The van der Waals surface area contributed by atoms with Crippen LogP contribution in [0, 0.1) is 84.7 Å². The first-order valence-corrected chi connectivity index (χ1v) is 32.6. The summed E-state index contributed by atoms with van der Waals surface area (Å²) in [6, 6.07) is 58.3. The number of aromatic nitrogens is 4. The lowest BCUT2D eigenvalue weighted by Crippen LogP contribution is -2.29. The van der Waals surface area contributed by atoms with Crippen molar-refractivity contribution in [1.82, 2.24) is 17.5 Å².